The zero-order valence-electron chi connectivity index (χ0n) is 17.6. The Morgan fingerprint density at radius 2 is 2.00 bits per heavy atom. The third-order valence-electron chi connectivity index (χ3n) is 6.25. The number of benzene rings is 1. The first kappa shape index (κ1) is 21.2. The standard InChI is InChI=1S/C24H26N4O3/c1-28-15-20-12-19(14-27-22(20)23(28)30)18-4-2-16(3-5-18)10-17(13-25)11-21(29)24(26)6-8-31-9-7-24/h2-5,12,14,17H,6-11,15,26H2,1H3/t17-/m1/s1. The first-order valence-corrected chi connectivity index (χ1v) is 10.5. The van der Waals surface area contributed by atoms with Gasteiger partial charge in [0.15, 0.2) is 5.78 Å². The summed E-state index contributed by atoms with van der Waals surface area (Å²) in [6, 6.07) is 12.2. The molecule has 1 fully saturated rings. The van der Waals surface area contributed by atoms with E-state index in [1.807, 2.05) is 30.3 Å². The number of aromatic nitrogens is 1. The van der Waals surface area contributed by atoms with E-state index in [-0.39, 0.29) is 18.1 Å². The predicted octanol–water partition coefficient (Wildman–Crippen LogP) is 2.48. The molecule has 0 saturated carbocycles. The molecular formula is C24H26N4O3. The summed E-state index contributed by atoms with van der Waals surface area (Å²) in [7, 11) is 1.77. The highest BCUT2D eigenvalue weighted by molar-refractivity contribution is 5.96. The van der Waals surface area contributed by atoms with Crippen LogP contribution in [0.3, 0.4) is 0 Å². The van der Waals surface area contributed by atoms with Gasteiger partial charge in [-0.1, -0.05) is 24.3 Å². The molecule has 2 aliphatic rings. The lowest BCUT2D eigenvalue weighted by atomic mass is 9.81. The van der Waals surface area contributed by atoms with Crippen molar-refractivity contribution in [2.75, 3.05) is 20.3 Å². The summed E-state index contributed by atoms with van der Waals surface area (Å²) < 4.78 is 5.30. The largest absolute Gasteiger partial charge is 0.381 e. The number of nitriles is 1. The zero-order valence-corrected chi connectivity index (χ0v) is 17.6. The number of ether oxygens (including phenoxy) is 1. The molecule has 0 bridgehead atoms. The van der Waals surface area contributed by atoms with Crippen molar-refractivity contribution in [1.82, 2.24) is 9.88 Å². The summed E-state index contributed by atoms with van der Waals surface area (Å²) in [6.45, 7) is 1.55. The van der Waals surface area contributed by atoms with Crippen LogP contribution >= 0.6 is 0 Å². The monoisotopic (exact) mass is 418 g/mol. The van der Waals surface area contributed by atoms with Crippen molar-refractivity contribution in [3.8, 4) is 17.2 Å². The van der Waals surface area contributed by atoms with Crippen LogP contribution in [0, 0.1) is 17.2 Å². The van der Waals surface area contributed by atoms with Crippen molar-refractivity contribution in [2.45, 2.75) is 37.8 Å². The van der Waals surface area contributed by atoms with E-state index in [1.165, 1.54) is 0 Å². The maximum Gasteiger partial charge on any atom is 0.272 e. The van der Waals surface area contributed by atoms with Gasteiger partial charge in [0.05, 0.1) is 17.5 Å². The summed E-state index contributed by atoms with van der Waals surface area (Å²) in [6.07, 6.45) is 3.39. The number of nitrogens with zero attached hydrogens (tertiary/aromatic N) is 3. The van der Waals surface area contributed by atoms with Gasteiger partial charge < -0.3 is 15.4 Å². The Hall–Kier alpha value is -3.08. The third-order valence-corrected chi connectivity index (χ3v) is 6.25. The Morgan fingerprint density at radius 3 is 2.68 bits per heavy atom. The Kier molecular flexibility index (Phi) is 5.86. The Labute approximate surface area is 181 Å². The molecule has 0 aliphatic carbocycles. The second-order valence-electron chi connectivity index (χ2n) is 8.52. The normalized spacial score (nSPS) is 18.4. The lowest BCUT2D eigenvalue weighted by Gasteiger charge is -2.32. The number of rotatable bonds is 6. The van der Waals surface area contributed by atoms with E-state index in [4.69, 9.17) is 10.5 Å². The molecular weight excluding hydrogens is 392 g/mol. The molecule has 7 heteroatoms. The van der Waals surface area contributed by atoms with E-state index in [0.29, 0.717) is 44.7 Å². The van der Waals surface area contributed by atoms with Crippen LogP contribution in [0.25, 0.3) is 11.1 Å². The van der Waals surface area contributed by atoms with E-state index in [1.54, 1.807) is 18.1 Å². The van der Waals surface area contributed by atoms with Gasteiger partial charge in [0.2, 0.25) is 0 Å². The van der Waals surface area contributed by atoms with Crippen LogP contribution in [-0.2, 0) is 22.5 Å². The molecule has 2 aromatic rings. The number of hydrogen-bond donors (Lipinski definition) is 1. The molecule has 2 N–H and O–H groups in total. The van der Waals surface area contributed by atoms with Gasteiger partial charge >= 0.3 is 0 Å². The smallest absolute Gasteiger partial charge is 0.272 e. The lowest BCUT2D eigenvalue weighted by molar-refractivity contribution is -0.128. The zero-order chi connectivity index (χ0) is 22.0. The first-order valence-electron chi connectivity index (χ1n) is 10.5. The van der Waals surface area contributed by atoms with E-state index in [0.717, 1.165) is 22.3 Å². The second kappa shape index (κ2) is 8.58. The number of Topliss-reactive ketones (excluding diaryl/α,β-unsaturated/α-hetero) is 1. The number of fused-ring (bicyclic) bond motifs is 1. The lowest BCUT2D eigenvalue weighted by Crippen LogP contribution is -2.52. The van der Waals surface area contributed by atoms with Gasteiger partial charge in [0.25, 0.3) is 5.91 Å². The summed E-state index contributed by atoms with van der Waals surface area (Å²) in [4.78, 5) is 30.7. The van der Waals surface area contributed by atoms with Crippen molar-refractivity contribution >= 4 is 11.7 Å². The van der Waals surface area contributed by atoms with Crippen LogP contribution in [0.1, 0.15) is 40.9 Å². The highest BCUT2D eigenvalue weighted by atomic mass is 16.5. The van der Waals surface area contributed by atoms with Crippen LogP contribution in [0.15, 0.2) is 36.5 Å². The number of amides is 1. The Morgan fingerprint density at radius 1 is 1.29 bits per heavy atom. The molecule has 31 heavy (non-hydrogen) atoms. The minimum absolute atomic E-state index is 0.0472. The summed E-state index contributed by atoms with van der Waals surface area (Å²) in [5.74, 6) is -0.512. The van der Waals surface area contributed by atoms with Crippen molar-refractivity contribution in [2.24, 2.45) is 11.7 Å². The van der Waals surface area contributed by atoms with Crippen molar-refractivity contribution in [3.63, 3.8) is 0 Å². The molecule has 2 aliphatic heterocycles. The molecule has 3 heterocycles. The van der Waals surface area contributed by atoms with Crippen molar-refractivity contribution < 1.29 is 14.3 Å². The molecule has 0 unspecified atom stereocenters. The topological polar surface area (TPSA) is 109 Å². The number of ketones is 1. The molecule has 0 spiro atoms. The minimum Gasteiger partial charge on any atom is -0.381 e. The maximum atomic E-state index is 12.7. The fraction of sp³-hybridized carbons (Fsp3) is 0.417. The van der Waals surface area contributed by atoms with E-state index in [9.17, 15) is 14.9 Å². The van der Waals surface area contributed by atoms with Gasteiger partial charge in [-0.25, -0.2) is 0 Å². The third kappa shape index (κ3) is 4.36. The van der Waals surface area contributed by atoms with E-state index < -0.39 is 11.5 Å². The van der Waals surface area contributed by atoms with Gasteiger partial charge in [-0.05, 0) is 36.5 Å². The number of pyridine rings is 1. The fourth-order valence-corrected chi connectivity index (χ4v) is 4.21. The Bertz CT molecular complexity index is 1040. The predicted molar refractivity (Wildman–Crippen MR) is 115 cm³/mol. The minimum atomic E-state index is -0.868. The highest BCUT2D eigenvalue weighted by Crippen LogP contribution is 2.27. The van der Waals surface area contributed by atoms with Crippen LogP contribution in [0.4, 0.5) is 0 Å². The van der Waals surface area contributed by atoms with Gasteiger partial charge in [0.1, 0.15) is 5.69 Å². The molecule has 0 radical (unpaired) electrons. The van der Waals surface area contributed by atoms with E-state index in [2.05, 4.69) is 11.1 Å². The fourth-order valence-electron chi connectivity index (χ4n) is 4.21. The Balaban J connectivity index is 1.42. The maximum absolute atomic E-state index is 12.7. The van der Waals surface area contributed by atoms with Gasteiger partial charge in [-0.2, -0.15) is 5.26 Å². The van der Waals surface area contributed by atoms with Crippen molar-refractivity contribution in [1.29, 1.82) is 5.26 Å². The molecule has 160 valence electrons. The average molecular weight is 418 g/mol. The molecule has 1 aromatic carbocycles. The number of carbonyl (C=O) groups is 2. The van der Waals surface area contributed by atoms with E-state index >= 15 is 0 Å². The van der Waals surface area contributed by atoms with Gasteiger partial charge in [-0.3, -0.25) is 14.6 Å². The number of hydrogen-bond acceptors (Lipinski definition) is 6. The molecule has 1 aromatic heterocycles. The van der Waals surface area contributed by atoms with Crippen LogP contribution in [-0.4, -0.2) is 47.4 Å². The average Bonchev–Trinajstić information content (AvgIpc) is 3.07. The summed E-state index contributed by atoms with van der Waals surface area (Å²) in [5.41, 5.74) is 9.79. The molecule has 1 saturated heterocycles. The molecule has 1 atom stereocenters. The van der Waals surface area contributed by atoms with Crippen LogP contribution in [0.5, 0.6) is 0 Å². The van der Waals surface area contributed by atoms with Crippen LogP contribution < -0.4 is 5.73 Å². The number of carbonyl (C=O) groups excluding carboxylic acids is 2. The highest BCUT2D eigenvalue weighted by Gasteiger charge is 2.36. The SMILES string of the molecule is CN1Cc2cc(-c3ccc(C[C@@H](C#N)CC(=O)C4(N)CCOCC4)cc3)cnc2C1=O. The number of nitrogens with two attached hydrogens (primary N) is 1. The molecule has 7 nitrogen and oxygen atoms in total. The quantitative estimate of drug-likeness (QED) is 0.772. The first-order chi connectivity index (χ1) is 14.9. The molecule has 1 amide bonds. The van der Waals surface area contributed by atoms with Crippen LogP contribution in [0.2, 0.25) is 0 Å². The van der Waals surface area contributed by atoms with Gasteiger partial charge in [-0.15, -0.1) is 0 Å². The van der Waals surface area contributed by atoms with Gasteiger partial charge in [0, 0.05) is 50.6 Å². The molecule has 4 rings (SSSR count). The summed E-state index contributed by atoms with van der Waals surface area (Å²) in [5, 5.41) is 9.58. The van der Waals surface area contributed by atoms with Crippen molar-refractivity contribution in [3.05, 3.63) is 53.3 Å². The second-order valence-corrected chi connectivity index (χ2v) is 8.52. The summed E-state index contributed by atoms with van der Waals surface area (Å²) >= 11 is 0.